The number of para-hydroxylation sites is 1. The number of hydrogen-bond acceptors (Lipinski definition) is 3. The molecule has 1 N–H and O–H groups in total. The highest BCUT2D eigenvalue weighted by Gasteiger charge is 2.08. The van der Waals surface area contributed by atoms with E-state index in [-0.39, 0.29) is 0 Å². The first-order chi connectivity index (χ1) is 7.74. The SMILES string of the molecule is CCC(CC)Nc1nc2c(C)cccc2s1. The van der Waals surface area contributed by atoms with Gasteiger partial charge in [-0.3, -0.25) is 0 Å². The molecule has 0 saturated carbocycles. The number of rotatable bonds is 4. The molecule has 16 heavy (non-hydrogen) atoms. The summed E-state index contributed by atoms with van der Waals surface area (Å²) in [5, 5.41) is 4.56. The van der Waals surface area contributed by atoms with Crippen molar-refractivity contribution in [2.45, 2.75) is 39.7 Å². The summed E-state index contributed by atoms with van der Waals surface area (Å²) in [7, 11) is 0. The molecule has 0 aliphatic heterocycles. The van der Waals surface area contributed by atoms with Crippen molar-refractivity contribution in [2.24, 2.45) is 0 Å². The standard InChI is InChI=1S/C13H18N2S/c1-4-10(5-2)14-13-15-12-9(3)7-6-8-11(12)16-13/h6-8,10H,4-5H2,1-3H3,(H,14,15). The molecule has 0 fully saturated rings. The minimum absolute atomic E-state index is 0.542. The first-order valence-electron chi connectivity index (χ1n) is 5.87. The molecule has 0 aliphatic rings. The van der Waals surface area contributed by atoms with Crippen LogP contribution in [0.3, 0.4) is 0 Å². The third-order valence-electron chi connectivity index (χ3n) is 2.93. The Kier molecular flexibility index (Phi) is 3.44. The number of hydrogen-bond donors (Lipinski definition) is 1. The normalized spacial score (nSPS) is 11.2. The summed E-state index contributed by atoms with van der Waals surface area (Å²) < 4.78 is 1.27. The van der Waals surface area contributed by atoms with Gasteiger partial charge in [0.25, 0.3) is 0 Å². The van der Waals surface area contributed by atoms with E-state index in [0.29, 0.717) is 6.04 Å². The molecule has 0 bridgehead atoms. The summed E-state index contributed by atoms with van der Waals surface area (Å²) in [5.74, 6) is 0. The average molecular weight is 234 g/mol. The minimum atomic E-state index is 0.542. The second-order valence-corrected chi connectivity index (χ2v) is 5.13. The molecule has 0 unspecified atom stereocenters. The zero-order valence-corrected chi connectivity index (χ0v) is 10.9. The van der Waals surface area contributed by atoms with Gasteiger partial charge in [-0.15, -0.1) is 0 Å². The maximum Gasteiger partial charge on any atom is 0.184 e. The molecule has 2 aromatic rings. The van der Waals surface area contributed by atoms with Crippen LogP contribution in [0.4, 0.5) is 5.13 Å². The number of nitrogens with one attached hydrogen (secondary N) is 1. The minimum Gasteiger partial charge on any atom is -0.359 e. The maximum atomic E-state index is 4.66. The molecule has 1 aromatic heterocycles. The predicted octanol–water partition coefficient (Wildman–Crippen LogP) is 4.21. The summed E-state index contributed by atoms with van der Waals surface area (Å²) in [4.78, 5) is 4.66. The number of benzene rings is 1. The Hall–Kier alpha value is -1.09. The number of anilines is 1. The molecule has 2 nitrogen and oxygen atoms in total. The van der Waals surface area contributed by atoms with Gasteiger partial charge in [-0.2, -0.15) is 0 Å². The Balaban J connectivity index is 2.29. The Bertz CT molecular complexity index is 472. The van der Waals surface area contributed by atoms with Crippen molar-refractivity contribution in [3.05, 3.63) is 23.8 Å². The average Bonchev–Trinajstić information content (AvgIpc) is 2.70. The fourth-order valence-electron chi connectivity index (χ4n) is 1.82. The van der Waals surface area contributed by atoms with Crippen molar-refractivity contribution in [1.82, 2.24) is 4.98 Å². The van der Waals surface area contributed by atoms with E-state index in [9.17, 15) is 0 Å². The third-order valence-corrected chi connectivity index (χ3v) is 3.89. The van der Waals surface area contributed by atoms with Gasteiger partial charge in [-0.1, -0.05) is 37.3 Å². The summed E-state index contributed by atoms with van der Waals surface area (Å²) >= 11 is 1.75. The molecule has 2 rings (SSSR count). The molecule has 0 atom stereocenters. The van der Waals surface area contributed by atoms with Crippen molar-refractivity contribution >= 4 is 26.7 Å². The van der Waals surface area contributed by atoms with Crippen LogP contribution in [0, 0.1) is 6.92 Å². The van der Waals surface area contributed by atoms with Gasteiger partial charge >= 0.3 is 0 Å². The largest absolute Gasteiger partial charge is 0.359 e. The van der Waals surface area contributed by atoms with Crippen LogP contribution in [0.15, 0.2) is 18.2 Å². The number of aromatic nitrogens is 1. The van der Waals surface area contributed by atoms with Crippen molar-refractivity contribution in [3.8, 4) is 0 Å². The van der Waals surface area contributed by atoms with Crippen LogP contribution < -0.4 is 5.32 Å². The highest BCUT2D eigenvalue weighted by Crippen LogP contribution is 2.28. The molecule has 86 valence electrons. The van der Waals surface area contributed by atoms with Gasteiger partial charge in [-0.05, 0) is 31.4 Å². The predicted molar refractivity (Wildman–Crippen MR) is 72.3 cm³/mol. The molecule has 1 aromatic carbocycles. The quantitative estimate of drug-likeness (QED) is 0.857. The smallest absolute Gasteiger partial charge is 0.184 e. The molecular weight excluding hydrogens is 216 g/mol. The molecule has 0 aliphatic carbocycles. The lowest BCUT2D eigenvalue weighted by Gasteiger charge is -2.12. The van der Waals surface area contributed by atoms with Crippen LogP contribution in [-0.2, 0) is 0 Å². The summed E-state index contributed by atoms with van der Waals surface area (Å²) in [5.41, 5.74) is 2.40. The monoisotopic (exact) mass is 234 g/mol. The molecular formula is C13H18N2S. The van der Waals surface area contributed by atoms with E-state index in [1.165, 1.54) is 10.3 Å². The number of aryl methyl sites for hydroxylation is 1. The highest BCUT2D eigenvalue weighted by molar-refractivity contribution is 7.22. The fourth-order valence-corrected chi connectivity index (χ4v) is 2.84. The van der Waals surface area contributed by atoms with E-state index in [4.69, 9.17) is 0 Å². The topological polar surface area (TPSA) is 24.9 Å². The first-order valence-corrected chi connectivity index (χ1v) is 6.69. The first kappa shape index (κ1) is 11.4. The van der Waals surface area contributed by atoms with Gasteiger partial charge in [0.15, 0.2) is 5.13 Å². The van der Waals surface area contributed by atoms with Crippen LogP contribution in [-0.4, -0.2) is 11.0 Å². The number of thiazole rings is 1. The van der Waals surface area contributed by atoms with E-state index >= 15 is 0 Å². The third kappa shape index (κ3) is 2.19. The molecule has 0 radical (unpaired) electrons. The van der Waals surface area contributed by atoms with Gasteiger partial charge in [0, 0.05) is 6.04 Å². The zero-order valence-electron chi connectivity index (χ0n) is 10.1. The Morgan fingerprint density at radius 3 is 2.69 bits per heavy atom. The van der Waals surface area contributed by atoms with Crippen molar-refractivity contribution in [3.63, 3.8) is 0 Å². The van der Waals surface area contributed by atoms with Crippen LogP contribution in [0.1, 0.15) is 32.3 Å². The second-order valence-electron chi connectivity index (χ2n) is 4.10. The van der Waals surface area contributed by atoms with Crippen LogP contribution in [0.25, 0.3) is 10.2 Å². The van der Waals surface area contributed by atoms with Crippen molar-refractivity contribution in [1.29, 1.82) is 0 Å². The summed E-state index contributed by atoms with van der Waals surface area (Å²) in [6.45, 7) is 6.53. The van der Waals surface area contributed by atoms with Crippen LogP contribution in [0.5, 0.6) is 0 Å². The molecule has 0 amide bonds. The summed E-state index contributed by atoms with van der Waals surface area (Å²) in [6, 6.07) is 6.89. The lowest BCUT2D eigenvalue weighted by Crippen LogP contribution is -2.16. The molecule has 3 heteroatoms. The lowest BCUT2D eigenvalue weighted by molar-refractivity contribution is 0.671. The lowest BCUT2D eigenvalue weighted by atomic mass is 10.2. The highest BCUT2D eigenvalue weighted by atomic mass is 32.1. The number of fused-ring (bicyclic) bond motifs is 1. The maximum absolute atomic E-state index is 4.66. The second kappa shape index (κ2) is 4.83. The Morgan fingerprint density at radius 1 is 1.31 bits per heavy atom. The number of nitrogens with zero attached hydrogens (tertiary/aromatic N) is 1. The fraction of sp³-hybridized carbons (Fsp3) is 0.462. The van der Waals surface area contributed by atoms with Crippen molar-refractivity contribution in [2.75, 3.05) is 5.32 Å². The van der Waals surface area contributed by atoms with E-state index in [1.807, 2.05) is 0 Å². The van der Waals surface area contributed by atoms with Gasteiger partial charge in [0.2, 0.25) is 0 Å². The van der Waals surface area contributed by atoms with E-state index in [0.717, 1.165) is 23.5 Å². The molecule has 0 spiro atoms. The van der Waals surface area contributed by atoms with Gasteiger partial charge < -0.3 is 5.32 Å². The Morgan fingerprint density at radius 2 is 2.06 bits per heavy atom. The van der Waals surface area contributed by atoms with Crippen LogP contribution in [0.2, 0.25) is 0 Å². The Labute approximate surface area is 101 Å². The van der Waals surface area contributed by atoms with Gasteiger partial charge in [0.1, 0.15) is 0 Å². The van der Waals surface area contributed by atoms with Crippen molar-refractivity contribution < 1.29 is 0 Å². The van der Waals surface area contributed by atoms with Crippen LogP contribution >= 0.6 is 11.3 Å². The molecule has 0 saturated heterocycles. The van der Waals surface area contributed by atoms with E-state index in [2.05, 4.69) is 49.3 Å². The zero-order chi connectivity index (χ0) is 11.5. The van der Waals surface area contributed by atoms with E-state index < -0.39 is 0 Å². The molecule has 1 heterocycles. The van der Waals surface area contributed by atoms with Gasteiger partial charge in [-0.25, -0.2) is 4.98 Å². The van der Waals surface area contributed by atoms with Gasteiger partial charge in [0.05, 0.1) is 10.2 Å². The summed E-state index contributed by atoms with van der Waals surface area (Å²) in [6.07, 6.45) is 2.29. The van der Waals surface area contributed by atoms with E-state index in [1.54, 1.807) is 11.3 Å².